The minimum absolute atomic E-state index is 0.275. The number of hydrogen-bond donors (Lipinski definition) is 1. The van der Waals surface area contributed by atoms with Gasteiger partial charge in [0.15, 0.2) is 5.78 Å². The summed E-state index contributed by atoms with van der Waals surface area (Å²) in [5.74, 6) is -0.687. The number of carbonyl (C=O) groups excluding carboxylic acids is 3. The first-order chi connectivity index (χ1) is 13.4. The van der Waals surface area contributed by atoms with E-state index in [1.807, 2.05) is 6.92 Å². The average Bonchev–Trinajstić information content (AvgIpc) is 2.94. The van der Waals surface area contributed by atoms with Gasteiger partial charge in [-0.2, -0.15) is 0 Å². The molecule has 0 radical (unpaired) electrons. The normalized spacial score (nSPS) is 18.9. The van der Waals surface area contributed by atoms with Crippen LogP contribution < -0.4 is 10.1 Å². The summed E-state index contributed by atoms with van der Waals surface area (Å²) in [6.07, 6.45) is 0.275. The zero-order chi connectivity index (χ0) is 20.3. The molecule has 0 spiro atoms. The van der Waals surface area contributed by atoms with Crippen molar-refractivity contribution in [3.8, 4) is 5.75 Å². The van der Waals surface area contributed by atoms with Gasteiger partial charge in [0.05, 0.1) is 13.2 Å². The van der Waals surface area contributed by atoms with Crippen LogP contribution in [-0.4, -0.2) is 35.8 Å². The number of halogens is 1. The first kappa shape index (κ1) is 19.5. The summed E-state index contributed by atoms with van der Waals surface area (Å²) in [6, 6.07) is 11.3. The Kier molecular flexibility index (Phi) is 5.44. The van der Waals surface area contributed by atoms with E-state index in [9.17, 15) is 18.8 Å². The van der Waals surface area contributed by atoms with Gasteiger partial charge in [0.2, 0.25) is 0 Å². The molecule has 7 heteroatoms. The summed E-state index contributed by atoms with van der Waals surface area (Å²) >= 11 is 0. The van der Waals surface area contributed by atoms with Crippen LogP contribution in [0, 0.1) is 5.82 Å². The summed E-state index contributed by atoms with van der Waals surface area (Å²) in [6.45, 7) is 3.75. The van der Waals surface area contributed by atoms with Crippen LogP contribution in [0.5, 0.6) is 5.75 Å². The molecule has 0 bridgehead atoms. The Bertz CT molecular complexity index is 896. The minimum atomic E-state index is -1.30. The number of benzene rings is 2. The second kappa shape index (κ2) is 7.80. The third-order valence-electron chi connectivity index (χ3n) is 4.83. The lowest BCUT2D eigenvalue weighted by molar-refractivity contribution is -0.131. The Morgan fingerprint density at radius 1 is 1.07 bits per heavy atom. The van der Waals surface area contributed by atoms with Gasteiger partial charge in [-0.3, -0.25) is 14.5 Å². The molecule has 2 aromatic carbocycles. The van der Waals surface area contributed by atoms with E-state index < -0.39 is 23.3 Å². The number of hydrogen-bond acceptors (Lipinski definition) is 4. The molecule has 2 aromatic rings. The maximum Gasteiger partial charge on any atom is 0.325 e. The molecular formula is C21H21FN2O4. The van der Waals surface area contributed by atoms with Crippen LogP contribution in [0.25, 0.3) is 0 Å². The van der Waals surface area contributed by atoms with Crippen molar-refractivity contribution in [2.75, 3.05) is 13.2 Å². The predicted molar refractivity (Wildman–Crippen MR) is 101 cm³/mol. The fourth-order valence-corrected chi connectivity index (χ4v) is 3.28. The van der Waals surface area contributed by atoms with Crippen LogP contribution in [0.3, 0.4) is 0 Å². The molecule has 3 rings (SSSR count). The number of ketones is 1. The number of amides is 3. The van der Waals surface area contributed by atoms with Gasteiger partial charge in [-0.1, -0.05) is 19.1 Å². The number of nitrogens with one attached hydrogen (secondary N) is 1. The number of ether oxygens (including phenoxy) is 1. The van der Waals surface area contributed by atoms with E-state index in [0.717, 1.165) is 4.90 Å². The zero-order valence-electron chi connectivity index (χ0n) is 15.7. The number of imide groups is 1. The van der Waals surface area contributed by atoms with E-state index in [0.29, 0.717) is 23.5 Å². The zero-order valence-corrected chi connectivity index (χ0v) is 15.7. The first-order valence-electron chi connectivity index (χ1n) is 9.07. The molecule has 3 amide bonds. The van der Waals surface area contributed by atoms with Crippen molar-refractivity contribution in [2.24, 2.45) is 0 Å². The van der Waals surface area contributed by atoms with E-state index in [1.165, 1.54) is 24.3 Å². The van der Waals surface area contributed by atoms with Gasteiger partial charge in [0, 0.05) is 5.56 Å². The van der Waals surface area contributed by atoms with E-state index in [2.05, 4.69) is 5.32 Å². The second-order valence-electron chi connectivity index (χ2n) is 6.47. The molecule has 146 valence electrons. The molecule has 1 fully saturated rings. The molecule has 1 unspecified atom stereocenters. The van der Waals surface area contributed by atoms with Gasteiger partial charge < -0.3 is 10.1 Å². The van der Waals surface area contributed by atoms with Crippen LogP contribution in [0.1, 0.15) is 36.2 Å². The van der Waals surface area contributed by atoms with Gasteiger partial charge in [-0.25, -0.2) is 9.18 Å². The fourth-order valence-electron chi connectivity index (χ4n) is 3.28. The average molecular weight is 384 g/mol. The van der Waals surface area contributed by atoms with E-state index in [1.54, 1.807) is 31.2 Å². The van der Waals surface area contributed by atoms with E-state index in [4.69, 9.17) is 4.74 Å². The van der Waals surface area contributed by atoms with Crippen LogP contribution in [0.4, 0.5) is 9.18 Å². The molecular weight excluding hydrogens is 363 g/mol. The molecule has 0 aromatic heterocycles. The standard InChI is InChI=1S/C21H21FN2O4/c1-3-21(15-7-9-16(22)10-8-15)19(26)24(20(27)23-21)13-18(25)14-5-11-17(12-6-14)28-4-2/h5-12H,3-4,13H2,1-2H3,(H,23,27). The molecule has 6 nitrogen and oxygen atoms in total. The Morgan fingerprint density at radius 3 is 2.29 bits per heavy atom. The highest BCUT2D eigenvalue weighted by molar-refractivity contribution is 6.11. The van der Waals surface area contributed by atoms with Crippen LogP contribution in [0.2, 0.25) is 0 Å². The number of nitrogens with zero attached hydrogens (tertiary/aromatic N) is 1. The number of carbonyl (C=O) groups is 3. The lowest BCUT2D eigenvalue weighted by Crippen LogP contribution is -2.43. The lowest BCUT2D eigenvalue weighted by Gasteiger charge is -2.25. The van der Waals surface area contributed by atoms with E-state index in [-0.39, 0.29) is 18.7 Å². The number of urea groups is 1. The first-order valence-corrected chi connectivity index (χ1v) is 9.07. The highest BCUT2D eigenvalue weighted by Crippen LogP contribution is 2.32. The van der Waals surface area contributed by atoms with Gasteiger partial charge in [0.1, 0.15) is 17.1 Å². The smallest absolute Gasteiger partial charge is 0.325 e. The van der Waals surface area contributed by atoms with Crippen LogP contribution in [-0.2, 0) is 10.3 Å². The van der Waals surface area contributed by atoms with Gasteiger partial charge >= 0.3 is 6.03 Å². The third kappa shape index (κ3) is 3.47. The van der Waals surface area contributed by atoms with Crippen molar-refractivity contribution >= 4 is 17.7 Å². The quantitative estimate of drug-likeness (QED) is 0.587. The van der Waals surface area contributed by atoms with Crippen LogP contribution in [0.15, 0.2) is 48.5 Å². The lowest BCUT2D eigenvalue weighted by atomic mass is 9.87. The van der Waals surface area contributed by atoms with Crippen molar-refractivity contribution in [3.05, 3.63) is 65.5 Å². The Labute approximate surface area is 162 Å². The summed E-state index contributed by atoms with van der Waals surface area (Å²) in [7, 11) is 0. The van der Waals surface area contributed by atoms with Gasteiger partial charge in [0.25, 0.3) is 5.91 Å². The number of Topliss-reactive ketones (excluding diaryl/α,β-unsaturated/α-hetero) is 1. The summed E-state index contributed by atoms with van der Waals surface area (Å²) in [4.78, 5) is 39.0. The molecule has 1 aliphatic heterocycles. The molecule has 1 aliphatic rings. The highest BCUT2D eigenvalue weighted by atomic mass is 19.1. The maximum atomic E-state index is 13.3. The molecule has 1 N–H and O–H groups in total. The van der Waals surface area contributed by atoms with Crippen molar-refractivity contribution < 1.29 is 23.5 Å². The minimum Gasteiger partial charge on any atom is -0.494 e. The number of rotatable bonds is 7. The van der Waals surface area contributed by atoms with Gasteiger partial charge in [-0.15, -0.1) is 0 Å². The monoisotopic (exact) mass is 384 g/mol. The fraction of sp³-hybridized carbons (Fsp3) is 0.286. The van der Waals surface area contributed by atoms with Gasteiger partial charge in [-0.05, 0) is 55.3 Å². The summed E-state index contributed by atoms with van der Waals surface area (Å²) in [5, 5.41) is 2.68. The topological polar surface area (TPSA) is 75.7 Å². The Balaban J connectivity index is 1.81. The van der Waals surface area contributed by atoms with Crippen molar-refractivity contribution in [2.45, 2.75) is 25.8 Å². The SMILES string of the molecule is CCOc1ccc(C(=O)CN2C(=O)NC(CC)(c3ccc(F)cc3)C2=O)cc1. The molecule has 0 aliphatic carbocycles. The Morgan fingerprint density at radius 2 is 1.71 bits per heavy atom. The van der Waals surface area contributed by atoms with E-state index >= 15 is 0 Å². The largest absolute Gasteiger partial charge is 0.494 e. The third-order valence-corrected chi connectivity index (χ3v) is 4.83. The molecule has 0 saturated carbocycles. The molecule has 1 atom stereocenters. The Hall–Kier alpha value is -3.22. The molecule has 1 saturated heterocycles. The van der Waals surface area contributed by atoms with Crippen molar-refractivity contribution in [1.29, 1.82) is 0 Å². The second-order valence-corrected chi connectivity index (χ2v) is 6.47. The van der Waals surface area contributed by atoms with Crippen LogP contribution >= 0.6 is 0 Å². The summed E-state index contributed by atoms with van der Waals surface area (Å²) < 4.78 is 18.6. The predicted octanol–water partition coefficient (Wildman–Crippen LogP) is 3.26. The van der Waals surface area contributed by atoms with Crippen molar-refractivity contribution in [3.63, 3.8) is 0 Å². The molecule has 28 heavy (non-hydrogen) atoms. The molecule has 1 heterocycles. The van der Waals surface area contributed by atoms with Crippen molar-refractivity contribution in [1.82, 2.24) is 10.2 Å². The highest BCUT2D eigenvalue weighted by Gasteiger charge is 2.51. The summed E-state index contributed by atoms with van der Waals surface area (Å²) in [5.41, 5.74) is -0.449. The maximum absolute atomic E-state index is 13.3.